The molecule has 0 bridgehead atoms. The highest BCUT2D eigenvalue weighted by Crippen LogP contribution is 2.34. The van der Waals surface area contributed by atoms with Crippen molar-refractivity contribution in [2.24, 2.45) is 0 Å². The fourth-order valence-corrected chi connectivity index (χ4v) is 5.03. The topological polar surface area (TPSA) is 64.2 Å². The number of benzene rings is 2. The van der Waals surface area contributed by atoms with Gasteiger partial charge in [-0.2, -0.15) is 13.2 Å². The van der Waals surface area contributed by atoms with E-state index >= 15 is 0 Å². The van der Waals surface area contributed by atoms with E-state index in [1.54, 1.807) is 22.8 Å². The highest BCUT2D eigenvalue weighted by Gasteiger charge is 2.31. The number of alkyl halides is 3. The molecule has 1 amide bonds. The van der Waals surface area contributed by atoms with Crippen LogP contribution in [0.4, 0.5) is 13.2 Å². The molecule has 0 saturated carbocycles. The van der Waals surface area contributed by atoms with Crippen LogP contribution in [-0.4, -0.2) is 38.7 Å². The molecular formula is C25H21F3N4O2S. The van der Waals surface area contributed by atoms with Crippen LogP contribution in [0, 0.1) is 0 Å². The van der Waals surface area contributed by atoms with Gasteiger partial charge in [-0.3, -0.25) is 9.36 Å². The molecule has 35 heavy (non-hydrogen) atoms. The molecule has 4 aromatic rings. The minimum atomic E-state index is -4.49. The van der Waals surface area contributed by atoms with Crippen LogP contribution >= 0.6 is 11.8 Å². The zero-order valence-electron chi connectivity index (χ0n) is 18.5. The standard InChI is InChI=1S/C25H21F3N4O2S/c26-25(27,28)18-8-5-9-19(15-18)32-22(21-11-6-14-34-21)29-30-24(32)35-16-17-7-1-2-10-20(17)23(33)31-12-3-4-13-31/h1-2,5-11,14-15H,3-4,12-13,16H2. The maximum atomic E-state index is 13.4. The number of carbonyl (C=O) groups excluding carboxylic acids is 1. The van der Waals surface area contributed by atoms with Crippen LogP contribution in [0.15, 0.2) is 76.5 Å². The summed E-state index contributed by atoms with van der Waals surface area (Å²) in [5.74, 6) is 1.06. The molecule has 1 saturated heterocycles. The lowest BCUT2D eigenvalue weighted by molar-refractivity contribution is -0.137. The number of rotatable bonds is 6. The Morgan fingerprint density at radius 1 is 1.00 bits per heavy atom. The van der Waals surface area contributed by atoms with Crippen molar-refractivity contribution in [1.29, 1.82) is 0 Å². The zero-order valence-corrected chi connectivity index (χ0v) is 19.4. The Morgan fingerprint density at radius 3 is 2.54 bits per heavy atom. The molecule has 0 N–H and O–H groups in total. The Labute approximate surface area is 203 Å². The Hall–Kier alpha value is -3.53. The van der Waals surface area contributed by atoms with Crippen LogP contribution in [0.5, 0.6) is 0 Å². The van der Waals surface area contributed by atoms with Gasteiger partial charge in [-0.25, -0.2) is 0 Å². The molecule has 1 aliphatic heterocycles. The Kier molecular flexibility index (Phi) is 6.38. The molecule has 6 nitrogen and oxygen atoms in total. The van der Waals surface area contributed by atoms with Crippen molar-refractivity contribution in [1.82, 2.24) is 19.7 Å². The van der Waals surface area contributed by atoms with E-state index in [1.807, 2.05) is 29.2 Å². The lowest BCUT2D eigenvalue weighted by Gasteiger charge is -2.17. The lowest BCUT2D eigenvalue weighted by Crippen LogP contribution is -2.28. The number of hydrogen-bond donors (Lipinski definition) is 0. The molecule has 2 aromatic carbocycles. The first kappa shape index (κ1) is 23.2. The molecule has 10 heteroatoms. The van der Waals surface area contributed by atoms with E-state index in [-0.39, 0.29) is 11.6 Å². The van der Waals surface area contributed by atoms with Crippen LogP contribution in [0.3, 0.4) is 0 Å². The molecule has 5 rings (SSSR count). The number of likely N-dealkylation sites (tertiary alicyclic amines) is 1. The first-order valence-corrected chi connectivity index (χ1v) is 12.1. The number of nitrogens with zero attached hydrogens (tertiary/aromatic N) is 4. The van der Waals surface area contributed by atoms with E-state index in [0.29, 0.717) is 28.1 Å². The average Bonchev–Trinajstić information content (AvgIpc) is 3.63. The number of amides is 1. The van der Waals surface area contributed by atoms with Crippen molar-refractivity contribution in [2.75, 3.05) is 13.1 Å². The van der Waals surface area contributed by atoms with Crippen LogP contribution in [-0.2, 0) is 11.9 Å². The van der Waals surface area contributed by atoms with E-state index in [2.05, 4.69) is 10.2 Å². The maximum Gasteiger partial charge on any atom is 0.416 e. The van der Waals surface area contributed by atoms with E-state index in [4.69, 9.17) is 4.42 Å². The molecule has 1 aliphatic rings. The first-order valence-electron chi connectivity index (χ1n) is 11.1. The molecule has 2 aromatic heterocycles. The van der Waals surface area contributed by atoms with Crippen molar-refractivity contribution in [3.63, 3.8) is 0 Å². The summed E-state index contributed by atoms with van der Waals surface area (Å²) in [6.07, 6.45) is -1.03. The number of thioether (sulfide) groups is 1. The molecule has 180 valence electrons. The first-order chi connectivity index (χ1) is 16.9. The lowest BCUT2D eigenvalue weighted by atomic mass is 10.1. The van der Waals surface area contributed by atoms with Gasteiger partial charge >= 0.3 is 6.18 Å². The quantitative estimate of drug-likeness (QED) is 0.302. The maximum absolute atomic E-state index is 13.4. The molecule has 0 aliphatic carbocycles. The van der Waals surface area contributed by atoms with Crippen molar-refractivity contribution >= 4 is 17.7 Å². The van der Waals surface area contributed by atoms with Gasteiger partial charge in [0.2, 0.25) is 5.82 Å². The summed E-state index contributed by atoms with van der Waals surface area (Å²) < 4.78 is 47.2. The molecule has 0 atom stereocenters. The summed E-state index contributed by atoms with van der Waals surface area (Å²) in [7, 11) is 0. The van der Waals surface area contributed by atoms with Crippen molar-refractivity contribution in [3.05, 3.63) is 83.6 Å². The summed E-state index contributed by atoms with van der Waals surface area (Å²) in [5.41, 5.74) is 0.942. The molecular weight excluding hydrogens is 477 g/mol. The van der Waals surface area contributed by atoms with Gasteiger partial charge in [0.15, 0.2) is 10.9 Å². The van der Waals surface area contributed by atoms with E-state index in [9.17, 15) is 18.0 Å². The fourth-order valence-electron chi connectivity index (χ4n) is 4.07. The molecule has 3 heterocycles. The van der Waals surface area contributed by atoms with Gasteiger partial charge in [0, 0.05) is 24.4 Å². The zero-order chi connectivity index (χ0) is 24.4. The minimum absolute atomic E-state index is 0.00526. The third kappa shape index (κ3) is 4.84. The van der Waals surface area contributed by atoms with Gasteiger partial charge in [0.25, 0.3) is 5.91 Å². The predicted octanol–water partition coefficient (Wildman–Crippen LogP) is 6.07. The van der Waals surface area contributed by atoms with Gasteiger partial charge < -0.3 is 9.32 Å². The van der Waals surface area contributed by atoms with Crippen LogP contribution in [0.1, 0.15) is 34.3 Å². The number of hydrogen-bond acceptors (Lipinski definition) is 5. The van der Waals surface area contributed by atoms with Crippen molar-refractivity contribution in [2.45, 2.75) is 29.9 Å². The summed E-state index contributed by atoms with van der Waals surface area (Å²) >= 11 is 1.30. The SMILES string of the molecule is O=C(c1ccccc1CSc1nnc(-c2ccco2)n1-c1cccc(C(F)(F)F)c1)N1CCCC1. The normalized spacial score (nSPS) is 14.0. The summed E-state index contributed by atoms with van der Waals surface area (Å²) in [6, 6.07) is 15.7. The van der Waals surface area contributed by atoms with Crippen LogP contribution in [0.2, 0.25) is 0 Å². The van der Waals surface area contributed by atoms with Gasteiger partial charge in [0.05, 0.1) is 17.5 Å². The third-order valence-electron chi connectivity index (χ3n) is 5.80. The minimum Gasteiger partial charge on any atom is -0.461 e. The highest BCUT2D eigenvalue weighted by atomic mass is 32.2. The summed E-state index contributed by atoms with van der Waals surface area (Å²) in [4.78, 5) is 14.9. The van der Waals surface area contributed by atoms with Crippen LogP contribution < -0.4 is 0 Å². The largest absolute Gasteiger partial charge is 0.461 e. The number of carbonyl (C=O) groups is 1. The van der Waals surface area contributed by atoms with Crippen molar-refractivity contribution < 1.29 is 22.4 Å². The Bertz CT molecular complexity index is 1330. The smallest absolute Gasteiger partial charge is 0.416 e. The van der Waals surface area contributed by atoms with Crippen LogP contribution in [0.25, 0.3) is 17.3 Å². The second-order valence-corrected chi connectivity index (χ2v) is 9.05. The number of halogens is 3. The summed E-state index contributed by atoms with van der Waals surface area (Å²) in [6.45, 7) is 1.49. The number of furan rings is 1. The third-order valence-corrected chi connectivity index (χ3v) is 6.78. The van der Waals surface area contributed by atoms with Gasteiger partial charge in [0.1, 0.15) is 0 Å². The van der Waals surface area contributed by atoms with E-state index in [0.717, 1.165) is 43.6 Å². The Balaban J connectivity index is 1.49. The fraction of sp³-hybridized carbons (Fsp3) is 0.240. The number of aromatic nitrogens is 3. The summed E-state index contributed by atoms with van der Waals surface area (Å²) in [5, 5.41) is 8.84. The predicted molar refractivity (Wildman–Crippen MR) is 125 cm³/mol. The highest BCUT2D eigenvalue weighted by molar-refractivity contribution is 7.98. The van der Waals surface area contributed by atoms with Gasteiger partial charge in [-0.1, -0.05) is 36.0 Å². The second kappa shape index (κ2) is 9.61. The van der Waals surface area contributed by atoms with E-state index in [1.165, 1.54) is 24.1 Å². The monoisotopic (exact) mass is 498 g/mol. The molecule has 0 spiro atoms. The van der Waals surface area contributed by atoms with Crippen molar-refractivity contribution in [3.8, 4) is 17.3 Å². The molecule has 1 fully saturated rings. The van der Waals surface area contributed by atoms with Gasteiger partial charge in [-0.15, -0.1) is 10.2 Å². The second-order valence-electron chi connectivity index (χ2n) is 8.11. The van der Waals surface area contributed by atoms with E-state index < -0.39 is 11.7 Å². The van der Waals surface area contributed by atoms with Gasteiger partial charge in [-0.05, 0) is 54.8 Å². The molecule has 0 unspecified atom stereocenters. The average molecular weight is 499 g/mol. The Morgan fingerprint density at radius 2 is 1.80 bits per heavy atom. The molecule has 0 radical (unpaired) electrons.